The van der Waals surface area contributed by atoms with E-state index in [4.69, 9.17) is 9.47 Å². The lowest BCUT2D eigenvalue weighted by molar-refractivity contribution is 0.216. The lowest BCUT2D eigenvalue weighted by Crippen LogP contribution is -2.22. The average Bonchev–Trinajstić information content (AvgIpc) is 3.29. The van der Waals surface area contributed by atoms with Crippen molar-refractivity contribution in [3.8, 4) is 11.5 Å². The maximum atomic E-state index is 12.9. The Morgan fingerprint density at radius 1 is 0.935 bits per heavy atom. The van der Waals surface area contributed by atoms with Gasteiger partial charge < -0.3 is 9.47 Å². The van der Waals surface area contributed by atoms with E-state index < -0.39 is 0 Å². The van der Waals surface area contributed by atoms with Gasteiger partial charge in [0, 0.05) is 0 Å². The van der Waals surface area contributed by atoms with E-state index in [1.807, 2.05) is 85.8 Å². The summed E-state index contributed by atoms with van der Waals surface area (Å²) in [5.74, 6) is 1.64. The Morgan fingerprint density at radius 3 is 2.52 bits per heavy atom. The Kier molecular flexibility index (Phi) is 5.14. The summed E-state index contributed by atoms with van der Waals surface area (Å²) in [6.45, 7) is 2.95. The molecule has 2 heterocycles. The SMILES string of the molecule is Cc1ccccc1OCCOc1ccc(C=c2sc3nc4ccccc4n3c2=O)cc1. The topological polar surface area (TPSA) is 52.8 Å². The summed E-state index contributed by atoms with van der Waals surface area (Å²) in [4.78, 5) is 18.1. The molecule has 0 bridgehead atoms. The van der Waals surface area contributed by atoms with Gasteiger partial charge in [-0.3, -0.25) is 4.79 Å². The molecule has 2 aromatic heterocycles. The standard InChI is InChI=1S/C25H20N2O3S/c1-17-6-2-5-9-22(17)30-15-14-29-19-12-10-18(11-13-19)16-23-24(28)27-21-8-4-3-7-20(21)26-25(27)31-23/h2-13,16H,14-15H2,1H3. The first-order valence-electron chi connectivity index (χ1n) is 10.0. The number of nitrogens with zero attached hydrogens (tertiary/aromatic N) is 2. The molecule has 154 valence electrons. The number of fused-ring (bicyclic) bond motifs is 3. The van der Waals surface area contributed by atoms with Crippen LogP contribution in [0, 0.1) is 6.92 Å². The van der Waals surface area contributed by atoms with Crippen LogP contribution in [0.15, 0.2) is 77.6 Å². The maximum absolute atomic E-state index is 12.9. The Hall–Kier alpha value is -3.64. The number of thiazole rings is 1. The highest BCUT2D eigenvalue weighted by Gasteiger charge is 2.10. The van der Waals surface area contributed by atoms with Gasteiger partial charge in [-0.25, -0.2) is 9.38 Å². The number of imidazole rings is 1. The number of rotatable bonds is 6. The van der Waals surface area contributed by atoms with Crippen LogP contribution >= 0.6 is 11.3 Å². The van der Waals surface area contributed by atoms with E-state index in [1.165, 1.54) is 11.3 Å². The zero-order valence-corrected chi connectivity index (χ0v) is 17.8. The summed E-state index contributed by atoms with van der Waals surface area (Å²) in [7, 11) is 0. The van der Waals surface area contributed by atoms with Crippen LogP contribution in [0.3, 0.4) is 0 Å². The monoisotopic (exact) mass is 428 g/mol. The second kappa shape index (κ2) is 8.24. The molecule has 6 heteroatoms. The summed E-state index contributed by atoms with van der Waals surface area (Å²) in [6, 6.07) is 23.3. The molecule has 0 unspecified atom stereocenters. The number of benzene rings is 3. The number of aryl methyl sites for hydroxylation is 1. The van der Waals surface area contributed by atoms with E-state index in [0.29, 0.717) is 22.7 Å². The minimum atomic E-state index is -0.0395. The van der Waals surface area contributed by atoms with E-state index in [-0.39, 0.29) is 5.56 Å². The zero-order valence-electron chi connectivity index (χ0n) is 16.9. The fraction of sp³-hybridized carbons (Fsp3) is 0.120. The van der Waals surface area contributed by atoms with Gasteiger partial charge in [-0.05, 0) is 54.5 Å². The lowest BCUT2D eigenvalue weighted by Gasteiger charge is -2.10. The third-order valence-electron chi connectivity index (χ3n) is 5.03. The van der Waals surface area contributed by atoms with Crippen molar-refractivity contribution >= 4 is 33.4 Å². The fourth-order valence-electron chi connectivity index (χ4n) is 3.45. The molecule has 5 nitrogen and oxygen atoms in total. The summed E-state index contributed by atoms with van der Waals surface area (Å²) in [5, 5.41) is 0. The zero-order chi connectivity index (χ0) is 21.2. The molecule has 0 amide bonds. The van der Waals surface area contributed by atoms with E-state index in [2.05, 4.69) is 4.98 Å². The van der Waals surface area contributed by atoms with E-state index in [9.17, 15) is 4.79 Å². The molecule has 0 aliphatic carbocycles. The van der Waals surface area contributed by atoms with Crippen LogP contribution in [0.2, 0.25) is 0 Å². The lowest BCUT2D eigenvalue weighted by atomic mass is 10.2. The highest BCUT2D eigenvalue weighted by Crippen LogP contribution is 2.18. The van der Waals surface area contributed by atoms with Crippen molar-refractivity contribution in [1.29, 1.82) is 0 Å². The first-order valence-corrected chi connectivity index (χ1v) is 10.8. The quantitative estimate of drug-likeness (QED) is 0.380. The van der Waals surface area contributed by atoms with E-state index in [1.54, 1.807) is 4.40 Å². The predicted octanol–water partition coefficient (Wildman–Crippen LogP) is 4.22. The smallest absolute Gasteiger partial charge is 0.274 e. The Bertz CT molecular complexity index is 1470. The van der Waals surface area contributed by atoms with Crippen LogP contribution in [0.25, 0.3) is 22.1 Å². The third kappa shape index (κ3) is 3.90. The molecular weight excluding hydrogens is 408 g/mol. The Balaban J connectivity index is 1.28. The van der Waals surface area contributed by atoms with Crippen molar-refractivity contribution in [1.82, 2.24) is 9.38 Å². The molecule has 0 radical (unpaired) electrons. The molecule has 3 aromatic carbocycles. The number of para-hydroxylation sites is 3. The molecule has 0 aliphatic rings. The molecular formula is C25H20N2O3S. The number of ether oxygens (including phenoxy) is 2. The number of hydrogen-bond donors (Lipinski definition) is 0. The van der Waals surface area contributed by atoms with Crippen molar-refractivity contribution in [2.45, 2.75) is 6.92 Å². The fourth-order valence-corrected chi connectivity index (χ4v) is 4.44. The Morgan fingerprint density at radius 2 is 1.68 bits per heavy atom. The maximum Gasteiger partial charge on any atom is 0.274 e. The second-order valence-corrected chi connectivity index (χ2v) is 8.17. The van der Waals surface area contributed by atoms with E-state index in [0.717, 1.165) is 33.7 Å². The predicted molar refractivity (Wildman–Crippen MR) is 124 cm³/mol. The molecule has 0 aliphatic heterocycles. The minimum Gasteiger partial charge on any atom is -0.490 e. The van der Waals surface area contributed by atoms with Gasteiger partial charge in [0.15, 0.2) is 4.96 Å². The number of aromatic nitrogens is 2. The molecule has 0 saturated heterocycles. The van der Waals surface area contributed by atoms with E-state index >= 15 is 0 Å². The van der Waals surface area contributed by atoms with Crippen molar-refractivity contribution in [2.24, 2.45) is 0 Å². The molecule has 0 saturated carbocycles. The normalized spacial score (nSPS) is 12.0. The average molecular weight is 429 g/mol. The number of hydrogen-bond acceptors (Lipinski definition) is 5. The molecule has 31 heavy (non-hydrogen) atoms. The van der Waals surface area contributed by atoms with Gasteiger partial charge in [-0.15, -0.1) is 0 Å². The molecule has 0 fully saturated rings. The Labute approximate surface area is 182 Å². The molecule has 0 spiro atoms. The van der Waals surface area contributed by atoms with Gasteiger partial charge in [-0.2, -0.15) is 0 Å². The summed E-state index contributed by atoms with van der Waals surface area (Å²) in [5.41, 5.74) is 3.69. The van der Waals surface area contributed by atoms with Crippen LogP contribution in [0.5, 0.6) is 11.5 Å². The molecule has 0 atom stereocenters. The van der Waals surface area contributed by atoms with Gasteiger partial charge in [0.25, 0.3) is 5.56 Å². The minimum absolute atomic E-state index is 0.0395. The summed E-state index contributed by atoms with van der Waals surface area (Å²) >= 11 is 1.40. The van der Waals surface area contributed by atoms with Crippen molar-refractivity contribution in [2.75, 3.05) is 13.2 Å². The van der Waals surface area contributed by atoms with Crippen LogP contribution in [-0.2, 0) is 0 Å². The highest BCUT2D eigenvalue weighted by molar-refractivity contribution is 7.15. The van der Waals surface area contributed by atoms with Gasteiger partial charge in [0.1, 0.15) is 24.7 Å². The van der Waals surface area contributed by atoms with Crippen LogP contribution in [0.1, 0.15) is 11.1 Å². The first kappa shape index (κ1) is 19.3. The summed E-state index contributed by atoms with van der Waals surface area (Å²) in [6.07, 6.45) is 1.89. The summed E-state index contributed by atoms with van der Waals surface area (Å²) < 4.78 is 13.9. The molecule has 5 aromatic rings. The van der Waals surface area contributed by atoms with Crippen molar-refractivity contribution in [3.05, 3.63) is 98.8 Å². The molecule has 0 N–H and O–H groups in total. The van der Waals surface area contributed by atoms with Crippen LogP contribution in [-0.4, -0.2) is 22.6 Å². The van der Waals surface area contributed by atoms with Gasteiger partial charge in [-0.1, -0.05) is 53.8 Å². The van der Waals surface area contributed by atoms with Crippen molar-refractivity contribution < 1.29 is 9.47 Å². The largest absolute Gasteiger partial charge is 0.490 e. The highest BCUT2D eigenvalue weighted by atomic mass is 32.1. The first-order chi connectivity index (χ1) is 15.2. The third-order valence-corrected chi connectivity index (χ3v) is 6.00. The van der Waals surface area contributed by atoms with Gasteiger partial charge in [0.05, 0.1) is 15.6 Å². The van der Waals surface area contributed by atoms with Gasteiger partial charge in [0.2, 0.25) is 0 Å². The second-order valence-electron chi connectivity index (χ2n) is 7.17. The molecule has 5 rings (SSSR count). The van der Waals surface area contributed by atoms with Crippen LogP contribution < -0.4 is 19.6 Å². The van der Waals surface area contributed by atoms with Crippen molar-refractivity contribution in [3.63, 3.8) is 0 Å². The van der Waals surface area contributed by atoms with Crippen LogP contribution in [0.4, 0.5) is 0 Å². The van der Waals surface area contributed by atoms with Gasteiger partial charge >= 0.3 is 0 Å².